The Morgan fingerprint density at radius 3 is 2.38 bits per heavy atom. The zero-order valence-corrected chi connectivity index (χ0v) is 24.8. The molecule has 3 amide bonds. The maximum atomic E-state index is 15.5. The van der Waals surface area contributed by atoms with E-state index in [0.717, 1.165) is 17.9 Å². The van der Waals surface area contributed by atoms with E-state index in [-0.39, 0.29) is 40.1 Å². The summed E-state index contributed by atoms with van der Waals surface area (Å²) in [4.78, 5) is 33.4. The number of alkyl halides is 6. The van der Waals surface area contributed by atoms with Crippen molar-refractivity contribution >= 4 is 23.0 Å². The third kappa shape index (κ3) is 8.04. The number of fused-ring (bicyclic) bond motifs is 1. The Morgan fingerprint density at radius 1 is 1.16 bits per heavy atom. The quantitative estimate of drug-likeness (QED) is 0.205. The van der Waals surface area contributed by atoms with E-state index in [1.807, 2.05) is 0 Å². The highest BCUT2D eigenvalue weighted by molar-refractivity contribution is 5.93. The molecule has 4 N–H and O–H groups in total. The molecule has 17 heteroatoms. The topological polar surface area (TPSA) is 131 Å². The highest BCUT2D eigenvalue weighted by atomic mass is 19.4. The molecule has 10 nitrogen and oxygen atoms in total. The summed E-state index contributed by atoms with van der Waals surface area (Å²) in [5.74, 6) is -2.02. The third-order valence-corrected chi connectivity index (χ3v) is 7.57. The van der Waals surface area contributed by atoms with Crippen molar-refractivity contribution in [1.29, 1.82) is 0 Å². The van der Waals surface area contributed by atoms with Crippen LogP contribution in [0.15, 0.2) is 24.4 Å². The van der Waals surface area contributed by atoms with E-state index in [0.29, 0.717) is 12.8 Å². The highest BCUT2D eigenvalue weighted by Crippen LogP contribution is 2.46. The lowest BCUT2D eigenvalue weighted by Crippen LogP contribution is -2.41. The molecule has 2 heterocycles. The van der Waals surface area contributed by atoms with Crippen LogP contribution in [0.5, 0.6) is 0 Å². The summed E-state index contributed by atoms with van der Waals surface area (Å²) >= 11 is 0. The number of carbonyl (C=O) groups is 2. The Balaban J connectivity index is 1.73. The largest absolute Gasteiger partial charge is 0.414 e. The number of amides is 3. The number of imidazole rings is 1. The van der Waals surface area contributed by atoms with E-state index in [2.05, 4.69) is 20.4 Å². The fraction of sp³-hybridized carbons (Fsp3) is 0.571. The molecule has 4 atom stereocenters. The first-order valence-corrected chi connectivity index (χ1v) is 14.3. The van der Waals surface area contributed by atoms with Crippen LogP contribution in [0.4, 0.5) is 35.5 Å². The summed E-state index contributed by atoms with van der Waals surface area (Å²) in [6.45, 7) is 4.90. The summed E-state index contributed by atoms with van der Waals surface area (Å²) in [5.41, 5.74) is 5.51. The number of nitrogens with one attached hydrogen (secondary N) is 2. The van der Waals surface area contributed by atoms with Gasteiger partial charge in [-0.1, -0.05) is 0 Å². The molecule has 0 radical (unpaired) electrons. The second kappa shape index (κ2) is 12.8. The standard InChI is InChI=1S/C28H34F7N7O3/c1-13(2)42-20(7-9-37-42)25(43)40-21(14(3)45-15(4)28(33,34)35)24-38-19-12-17(11-18(29)22(19)39-24)23(16-5-6-16)41(26(36)44)10-8-27(30,31)32/h7,9,11-16,21,23H,5-6,8,10H2,1-4H3,(H2,36,44)(H,38,39)(H,40,43)/t14-,15-,21+,23-/m1/s1. The normalized spacial score (nSPS) is 16.9. The first-order chi connectivity index (χ1) is 20.9. The number of hydrogen-bond donors (Lipinski definition) is 3. The number of nitrogens with zero attached hydrogens (tertiary/aromatic N) is 4. The molecule has 3 aromatic rings. The Hall–Kier alpha value is -3.89. The first kappa shape index (κ1) is 34.0. The molecule has 1 aromatic carbocycles. The maximum Gasteiger partial charge on any atom is 0.414 e. The van der Waals surface area contributed by atoms with Gasteiger partial charge in [0, 0.05) is 18.8 Å². The molecule has 0 unspecified atom stereocenters. The zero-order valence-electron chi connectivity index (χ0n) is 24.8. The van der Waals surface area contributed by atoms with E-state index in [9.17, 15) is 35.9 Å². The summed E-state index contributed by atoms with van der Waals surface area (Å²) in [7, 11) is 0. The van der Waals surface area contributed by atoms with Crippen LogP contribution in [0, 0.1) is 11.7 Å². The number of primary amides is 1. The number of aromatic amines is 1. The molecule has 0 saturated heterocycles. The average molecular weight is 650 g/mol. The van der Waals surface area contributed by atoms with Crippen LogP contribution in [-0.2, 0) is 4.74 Å². The molecular weight excluding hydrogens is 615 g/mol. The molecule has 0 bridgehead atoms. The average Bonchev–Trinajstić information content (AvgIpc) is 3.44. The van der Waals surface area contributed by atoms with E-state index in [1.54, 1.807) is 13.8 Å². The number of carbonyl (C=O) groups excluding carboxylic acids is 2. The molecule has 1 fully saturated rings. The lowest BCUT2D eigenvalue weighted by atomic mass is 9.99. The summed E-state index contributed by atoms with van der Waals surface area (Å²) in [5, 5.41) is 6.70. The van der Waals surface area contributed by atoms with Gasteiger partial charge in [-0.15, -0.1) is 0 Å². The Bertz CT molecular complexity index is 1510. The molecular formula is C28H34F7N7O3. The second-order valence-corrected chi connectivity index (χ2v) is 11.4. The minimum atomic E-state index is -4.72. The molecule has 1 aliphatic rings. The summed E-state index contributed by atoms with van der Waals surface area (Å²) in [6, 6.07) is 0.223. The maximum absolute atomic E-state index is 15.5. The van der Waals surface area contributed by atoms with Crippen LogP contribution in [0.25, 0.3) is 11.0 Å². The molecule has 2 aromatic heterocycles. The number of urea groups is 1. The highest BCUT2D eigenvalue weighted by Gasteiger charge is 2.42. The minimum absolute atomic E-state index is 0.0356. The predicted octanol–water partition coefficient (Wildman–Crippen LogP) is 6.09. The van der Waals surface area contributed by atoms with Crippen molar-refractivity contribution < 1.29 is 45.1 Å². The monoisotopic (exact) mass is 649 g/mol. The van der Waals surface area contributed by atoms with Crippen LogP contribution in [0.2, 0.25) is 0 Å². The summed E-state index contributed by atoms with van der Waals surface area (Å²) in [6.07, 6.45) is -11.6. The van der Waals surface area contributed by atoms with Gasteiger partial charge in [0.2, 0.25) is 0 Å². The van der Waals surface area contributed by atoms with Crippen molar-refractivity contribution in [3.05, 3.63) is 47.3 Å². The number of halogens is 7. The van der Waals surface area contributed by atoms with Crippen molar-refractivity contribution in [3.63, 3.8) is 0 Å². The number of nitrogens with two attached hydrogens (primary N) is 1. The summed E-state index contributed by atoms with van der Waals surface area (Å²) < 4.78 is 101. The van der Waals surface area contributed by atoms with Gasteiger partial charge in [-0.25, -0.2) is 14.2 Å². The molecule has 248 valence electrons. The van der Waals surface area contributed by atoms with Crippen LogP contribution in [-0.4, -0.2) is 67.7 Å². The van der Waals surface area contributed by atoms with E-state index < -0.39 is 67.4 Å². The number of hydrogen-bond acceptors (Lipinski definition) is 5. The molecule has 0 aliphatic heterocycles. The SMILES string of the molecule is CC(C)n1nccc1C(=O)N[C@H](c1nc2c(F)cc([C@@H](C3CC3)N(CCC(F)(F)F)C(N)=O)cc2[nH]1)[C@@H](C)O[C@H](C)C(F)(F)F. The van der Waals surface area contributed by atoms with Crippen molar-refractivity contribution in [2.45, 2.75) is 89.6 Å². The lowest BCUT2D eigenvalue weighted by Gasteiger charge is -2.31. The van der Waals surface area contributed by atoms with Gasteiger partial charge in [0.15, 0.2) is 11.9 Å². The van der Waals surface area contributed by atoms with Crippen molar-refractivity contribution in [2.24, 2.45) is 11.7 Å². The van der Waals surface area contributed by atoms with Gasteiger partial charge in [-0.2, -0.15) is 31.4 Å². The minimum Gasteiger partial charge on any atom is -0.364 e. The van der Waals surface area contributed by atoms with Gasteiger partial charge in [-0.05, 0) is 70.2 Å². The number of H-pyrrole nitrogens is 1. The Morgan fingerprint density at radius 2 is 1.82 bits per heavy atom. The molecule has 1 saturated carbocycles. The fourth-order valence-electron chi connectivity index (χ4n) is 5.19. The number of rotatable bonds is 12. The molecule has 1 aliphatic carbocycles. The number of benzene rings is 1. The second-order valence-electron chi connectivity index (χ2n) is 11.4. The smallest absolute Gasteiger partial charge is 0.364 e. The third-order valence-electron chi connectivity index (χ3n) is 7.57. The van der Waals surface area contributed by atoms with Gasteiger partial charge >= 0.3 is 18.4 Å². The van der Waals surface area contributed by atoms with E-state index in [4.69, 9.17) is 10.5 Å². The van der Waals surface area contributed by atoms with Crippen LogP contribution in [0.1, 0.15) is 87.0 Å². The molecule has 45 heavy (non-hydrogen) atoms. The van der Waals surface area contributed by atoms with Gasteiger partial charge < -0.3 is 25.7 Å². The van der Waals surface area contributed by atoms with Gasteiger partial charge in [0.25, 0.3) is 5.91 Å². The lowest BCUT2D eigenvalue weighted by molar-refractivity contribution is -0.227. The van der Waals surface area contributed by atoms with Crippen molar-refractivity contribution in [1.82, 2.24) is 30.0 Å². The van der Waals surface area contributed by atoms with E-state index >= 15 is 4.39 Å². The molecule has 0 spiro atoms. The van der Waals surface area contributed by atoms with Crippen LogP contribution < -0.4 is 11.1 Å². The van der Waals surface area contributed by atoms with Crippen molar-refractivity contribution in [2.75, 3.05) is 6.54 Å². The molecule has 4 rings (SSSR count). The van der Waals surface area contributed by atoms with Crippen LogP contribution in [0.3, 0.4) is 0 Å². The van der Waals surface area contributed by atoms with Gasteiger partial charge in [0.05, 0.1) is 24.1 Å². The van der Waals surface area contributed by atoms with Crippen molar-refractivity contribution in [3.8, 4) is 0 Å². The number of aromatic nitrogens is 4. The Kier molecular flexibility index (Phi) is 9.70. The first-order valence-electron chi connectivity index (χ1n) is 14.3. The Labute approximate surface area is 253 Å². The van der Waals surface area contributed by atoms with Gasteiger partial charge in [-0.3, -0.25) is 9.48 Å². The van der Waals surface area contributed by atoms with E-state index in [1.165, 1.54) is 29.9 Å². The predicted molar refractivity (Wildman–Crippen MR) is 147 cm³/mol. The number of ether oxygens (including phenoxy) is 1. The fourth-order valence-corrected chi connectivity index (χ4v) is 5.19. The van der Waals surface area contributed by atoms with Gasteiger partial charge in [0.1, 0.15) is 23.1 Å². The van der Waals surface area contributed by atoms with Crippen LogP contribution >= 0.6 is 0 Å². The zero-order chi connectivity index (χ0) is 33.4.